The molecule has 4 nitrogen and oxygen atoms in total. The number of rotatable bonds is 0. The summed E-state index contributed by atoms with van der Waals surface area (Å²) in [5, 5.41) is 2.85. The summed E-state index contributed by atoms with van der Waals surface area (Å²) < 4.78 is 0. The van der Waals surface area contributed by atoms with E-state index in [0.717, 1.165) is 24.5 Å². The van der Waals surface area contributed by atoms with E-state index < -0.39 is 0 Å². The first-order chi connectivity index (χ1) is 7.20. The molecule has 5 heteroatoms. The summed E-state index contributed by atoms with van der Waals surface area (Å²) in [5.41, 5.74) is 0. The maximum absolute atomic E-state index is 11.5. The molecule has 15 heavy (non-hydrogen) atoms. The second-order valence-corrected chi connectivity index (χ2v) is 4.86. The molecule has 1 saturated heterocycles. The zero-order valence-corrected chi connectivity index (χ0v) is 9.94. The van der Waals surface area contributed by atoms with Crippen LogP contribution in [0, 0.1) is 0 Å². The van der Waals surface area contributed by atoms with Gasteiger partial charge in [0.2, 0.25) is 11.8 Å². The van der Waals surface area contributed by atoms with Crippen LogP contribution >= 0.6 is 11.8 Å². The SMILES string of the molecule is CN1CCCNC(=O)CCSCCC1=O. The molecular weight excluding hydrogens is 212 g/mol. The molecule has 0 aromatic carbocycles. The highest BCUT2D eigenvalue weighted by atomic mass is 32.2. The van der Waals surface area contributed by atoms with Crippen LogP contribution in [0.4, 0.5) is 0 Å². The third-order valence-corrected chi connectivity index (χ3v) is 3.34. The van der Waals surface area contributed by atoms with E-state index in [1.807, 2.05) is 7.05 Å². The van der Waals surface area contributed by atoms with E-state index >= 15 is 0 Å². The molecule has 0 unspecified atom stereocenters. The lowest BCUT2D eigenvalue weighted by molar-refractivity contribution is -0.129. The van der Waals surface area contributed by atoms with Gasteiger partial charge in [-0.05, 0) is 6.42 Å². The maximum Gasteiger partial charge on any atom is 0.223 e. The van der Waals surface area contributed by atoms with Crippen LogP contribution in [0.1, 0.15) is 19.3 Å². The van der Waals surface area contributed by atoms with Crippen LogP contribution in [-0.4, -0.2) is 48.4 Å². The Labute approximate surface area is 94.8 Å². The smallest absolute Gasteiger partial charge is 0.223 e. The van der Waals surface area contributed by atoms with E-state index in [1.54, 1.807) is 16.7 Å². The monoisotopic (exact) mass is 230 g/mol. The highest BCUT2D eigenvalue weighted by Gasteiger charge is 2.09. The van der Waals surface area contributed by atoms with Gasteiger partial charge in [0.15, 0.2) is 0 Å². The number of amides is 2. The normalized spacial score (nSPS) is 21.5. The first-order valence-corrected chi connectivity index (χ1v) is 6.44. The van der Waals surface area contributed by atoms with Crippen molar-refractivity contribution in [1.29, 1.82) is 0 Å². The standard InChI is InChI=1S/C10H18N2O2S/c1-12-6-2-5-11-9(13)3-7-15-8-4-10(12)14/h2-8H2,1H3,(H,11,13). The molecule has 0 saturated carbocycles. The van der Waals surface area contributed by atoms with Crippen molar-refractivity contribution in [2.45, 2.75) is 19.3 Å². The van der Waals surface area contributed by atoms with Crippen LogP contribution in [0.15, 0.2) is 0 Å². The van der Waals surface area contributed by atoms with Crippen molar-refractivity contribution in [2.24, 2.45) is 0 Å². The Kier molecular flexibility index (Phi) is 5.53. The van der Waals surface area contributed by atoms with Crippen LogP contribution in [0.2, 0.25) is 0 Å². The van der Waals surface area contributed by atoms with Gasteiger partial charge in [-0.15, -0.1) is 0 Å². The van der Waals surface area contributed by atoms with Crippen molar-refractivity contribution >= 4 is 23.6 Å². The molecule has 1 fully saturated rings. The van der Waals surface area contributed by atoms with Crippen molar-refractivity contribution in [1.82, 2.24) is 10.2 Å². The van der Waals surface area contributed by atoms with E-state index in [0.29, 0.717) is 19.4 Å². The van der Waals surface area contributed by atoms with Crippen molar-refractivity contribution in [2.75, 3.05) is 31.6 Å². The van der Waals surface area contributed by atoms with Crippen LogP contribution in [0.3, 0.4) is 0 Å². The molecule has 1 aliphatic heterocycles. The van der Waals surface area contributed by atoms with Crippen molar-refractivity contribution in [3.05, 3.63) is 0 Å². The van der Waals surface area contributed by atoms with Crippen molar-refractivity contribution in [3.63, 3.8) is 0 Å². The van der Waals surface area contributed by atoms with E-state index in [9.17, 15) is 9.59 Å². The van der Waals surface area contributed by atoms with Gasteiger partial charge in [-0.3, -0.25) is 9.59 Å². The van der Waals surface area contributed by atoms with Gasteiger partial charge in [0, 0.05) is 44.5 Å². The van der Waals surface area contributed by atoms with Crippen molar-refractivity contribution < 1.29 is 9.59 Å². The van der Waals surface area contributed by atoms with Crippen LogP contribution in [0.25, 0.3) is 0 Å². The van der Waals surface area contributed by atoms with Crippen LogP contribution in [-0.2, 0) is 9.59 Å². The number of carbonyl (C=O) groups is 2. The first kappa shape index (κ1) is 12.4. The van der Waals surface area contributed by atoms with E-state index in [2.05, 4.69) is 5.32 Å². The molecule has 0 aromatic rings. The largest absolute Gasteiger partial charge is 0.356 e. The minimum atomic E-state index is 0.122. The molecule has 0 atom stereocenters. The average molecular weight is 230 g/mol. The molecule has 1 rings (SSSR count). The second-order valence-electron chi connectivity index (χ2n) is 3.63. The molecule has 1 heterocycles. The summed E-state index contributed by atoms with van der Waals surface area (Å²) >= 11 is 1.67. The molecule has 1 aliphatic rings. The maximum atomic E-state index is 11.5. The number of carbonyl (C=O) groups excluding carboxylic acids is 2. The Morgan fingerprint density at radius 3 is 2.80 bits per heavy atom. The Bertz CT molecular complexity index is 233. The quantitative estimate of drug-likeness (QED) is 0.658. The lowest BCUT2D eigenvalue weighted by atomic mass is 10.3. The lowest BCUT2D eigenvalue weighted by Crippen LogP contribution is -2.32. The molecule has 0 aliphatic carbocycles. The van der Waals surface area contributed by atoms with Gasteiger partial charge < -0.3 is 10.2 Å². The zero-order valence-electron chi connectivity index (χ0n) is 9.12. The average Bonchev–Trinajstić information content (AvgIpc) is 2.21. The molecule has 0 aromatic heterocycles. The first-order valence-electron chi connectivity index (χ1n) is 5.28. The van der Waals surface area contributed by atoms with Gasteiger partial charge in [0.25, 0.3) is 0 Å². The lowest BCUT2D eigenvalue weighted by Gasteiger charge is -2.18. The topological polar surface area (TPSA) is 49.4 Å². The van der Waals surface area contributed by atoms with Gasteiger partial charge in [0.1, 0.15) is 0 Å². The van der Waals surface area contributed by atoms with Crippen LogP contribution < -0.4 is 5.32 Å². The van der Waals surface area contributed by atoms with Crippen molar-refractivity contribution in [3.8, 4) is 0 Å². The highest BCUT2D eigenvalue weighted by molar-refractivity contribution is 7.99. The van der Waals surface area contributed by atoms with Gasteiger partial charge in [-0.1, -0.05) is 0 Å². The summed E-state index contributed by atoms with van der Waals surface area (Å²) in [5.74, 6) is 1.95. The zero-order chi connectivity index (χ0) is 11.1. The molecule has 0 bridgehead atoms. The Balaban J connectivity index is 2.37. The predicted octanol–water partition coefficient (Wildman–Crippen LogP) is 0.478. The fraction of sp³-hybridized carbons (Fsp3) is 0.800. The number of nitrogens with zero attached hydrogens (tertiary/aromatic N) is 1. The number of nitrogens with one attached hydrogen (secondary N) is 1. The fourth-order valence-corrected chi connectivity index (χ4v) is 2.23. The van der Waals surface area contributed by atoms with E-state index in [1.165, 1.54) is 0 Å². The summed E-state index contributed by atoms with van der Waals surface area (Å²) in [7, 11) is 1.82. The molecule has 86 valence electrons. The summed E-state index contributed by atoms with van der Waals surface area (Å²) in [4.78, 5) is 24.5. The van der Waals surface area contributed by atoms with Crippen LogP contribution in [0.5, 0.6) is 0 Å². The minimum Gasteiger partial charge on any atom is -0.356 e. The third kappa shape index (κ3) is 5.06. The number of thioether (sulfide) groups is 1. The molecular formula is C10H18N2O2S. The Hall–Kier alpha value is -0.710. The summed E-state index contributed by atoms with van der Waals surface area (Å²) in [6.07, 6.45) is 1.98. The van der Waals surface area contributed by atoms with Gasteiger partial charge in [0.05, 0.1) is 0 Å². The highest BCUT2D eigenvalue weighted by Crippen LogP contribution is 2.06. The molecule has 2 amide bonds. The molecule has 0 spiro atoms. The van der Waals surface area contributed by atoms with E-state index in [4.69, 9.17) is 0 Å². The fourth-order valence-electron chi connectivity index (χ4n) is 1.37. The van der Waals surface area contributed by atoms with Gasteiger partial charge >= 0.3 is 0 Å². The number of hydrogen-bond donors (Lipinski definition) is 1. The molecule has 0 radical (unpaired) electrons. The third-order valence-electron chi connectivity index (χ3n) is 2.35. The molecule has 1 N–H and O–H groups in total. The minimum absolute atomic E-state index is 0.122. The number of hydrogen-bond acceptors (Lipinski definition) is 3. The summed E-state index contributed by atoms with van der Waals surface area (Å²) in [6.45, 7) is 1.39. The Morgan fingerprint density at radius 2 is 2.00 bits per heavy atom. The predicted molar refractivity (Wildman–Crippen MR) is 61.8 cm³/mol. The summed E-state index contributed by atoms with van der Waals surface area (Å²) in [6, 6.07) is 0. The van der Waals surface area contributed by atoms with E-state index in [-0.39, 0.29) is 11.8 Å². The van der Waals surface area contributed by atoms with Gasteiger partial charge in [-0.25, -0.2) is 0 Å². The Morgan fingerprint density at radius 1 is 1.27 bits per heavy atom. The van der Waals surface area contributed by atoms with Gasteiger partial charge in [-0.2, -0.15) is 11.8 Å². The second kappa shape index (κ2) is 6.71.